The summed E-state index contributed by atoms with van der Waals surface area (Å²) in [5.41, 5.74) is 3.45. The molecule has 2 heterocycles. The second-order valence-corrected chi connectivity index (χ2v) is 7.44. The van der Waals surface area contributed by atoms with Crippen LogP contribution in [0.25, 0.3) is 9.40 Å². The zero-order valence-corrected chi connectivity index (χ0v) is 13.6. The van der Waals surface area contributed by atoms with Gasteiger partial charge in [0.25, 0.3) is 0 Å². The molecule has 6 heteroatoms. The molecule has 0 aliphatic heterocycles. The molecule has 0 spiro atoms. The largest absolute Gasteiger partial charge is 0.271 e. The molecule has 0 aliphatic rings. The molecule has 2 aromatic heterocycles. The van der Waals surface area contributed by atoms with Crippen molar-refractivity contribution in [1.82, 2.24) is 5.43 Å². The maximum Gasteiger partial charge on any atom is 0.126 e. The Morgan fingerprint density at radius 2 is 2.10 bits per heavy atom. The van der Waals surface area contributed by atoms with Crippen molar-refractivity contribution in [2.24, 2.45) is 5.84 Å². The number of fused-ring (bicyclic) bond motifs is 1. The van der Waals surface area contributed by atoms with Crippen molar-refractivity contribution in [3.8, 4) is 0 Å². The van der Waals surface area contributed by atoms with Crippen LogP contribution in [0.3, 0.4) is 0 Å². The molecule has 0 saturated heterocycles. The Bertz CT molecular complexity index is 709. The van der Waals surface area contributed by atoms with Crippen molar-refractivity contribution >= 4 is 48.0 Å². The van der Waals surface area contributed by atoms with E-state index in [1.54, 1.807) is 34.8 Å². The number of halogens is 2. The maximum absolute atomic E-state index is 13.8. The molecule has 104 valence electrons. The van der Waals surface area contributed by atoms with E-state index in [0.29, 0.717) is 12.0 Å². The summed E-state index contributed by atoms with van der Waals surface area (Å²) in [6, 6.07) is 9.12. The molecule has 0 amide bonds. The van der Waals surface area contributed by atoms with E-state index in [1.807, 2.05) is 0 Å². The fourth-order valence-corrected chi connectivity index (χ4v) is 4.71. The summed E-state index contributed by atoms with van der Waals surface area (Å²) in [6.45, 7) is 0. The van der Waals surface area contributed by atoms with Gasteiger partial charge in [0, 0.05) is 18.7 Å². The molecule has 3 aromatic rings. The van der Waals surface area contributed by atoms with Crippen LogP contribution in [0.1, 0.15) is 16.5 Å². The van der Waals surface area contributed by atoms with Gasteiger partial charge in [0.05, 0.1) is 6.04 Å². The number of thiophene rings is 2. The van der Waals surface area contributed by atoms with Crippen LogP contribution >= 0.6 is 38.6 Å². The first-order valence-corrected chi connectivity index (χ1v) is 8.53. The molecule has 3 N–H and O–H groups in total. The molecule has 1 aromatic carbocycles. The van der Waals surface area contributed by atoms with E-state index in [4.69, 9.17) is 5.84 Å². The predicted octanol–water partition coefficient (Wildman–Crippen LogP) is 4.61. The van der Waals surface area contributed by atoms with Crippen LogP contribution in [0.4, 0.5) is 4.39 Å². The molecule has 2 nitrogen and oxygen atoms in total. The van der Waals surface area contributed by atoms with Crippen LogP contribution in [0.5, 0.6) is 0 Å². The minimum absolute atomic E-state index is 0.0802. The molecule has 0 radical (unpaired) electrons. The molecule has 3 rings (SSSR count). The number of nitrogens with two attached hydrogens (primary N) is 1. The lowest BCUT2D eigenvalue weighted by molar-refractivity contribution is 0.535. The van der Waals surface area contributed by atoms with Gasteiger partial charge in [-0.15, -0.1) is 22.7 Å². The van der Waals surface area contributed by atoms with Crippen LogP contribution in [0.15, 0.2) is 40.2 Å². The van der Waals surface area contributed by atoms with Crippen molar-refractivity contribution in [3.63, 3.8) is 0 Å². The highest BCUT2D eigenvalue weighted by atomic mass is 79.9. The molecule has 0 fully saturated rings. The zero-order chi connectivity index (χ0) is 14.1. The Kier molecular flexibility index (Phi) is 4.18. The van der Waals surface area contributed by atoms with Crippen molar-refractivity contribution in [3.05, 3.63) is 56.4 Å². The van der Waals surface area contributed by atoms with Crippen LogP contribution in [-0.2, 0) is 6.42 Å². The van der Waals surface area contributed by atoms with Gasteiger partial charge in [-0.2, -0.15) is 0 Å². The summed E-state index contributed by atoms with van der Waals surface area (Å²) in [6.07, 6.45) is 0.523. The summed E-state index contributed by atoms with van der Waals surface area (Å²) < 4.78 is 17.2. The van der Waals surface area contributed by atoms with Crippen LogP contribution in [0, 0.1) is 5.82 Å². The van der Waals surface area contributed by atoms with Crippen molar-refractivity contribution in [2.75, 3.05) is 0 Å². The lowest BCUT2D eigenvalue weighted by atomic mass is 10.0. The van der Waals surface area contributed by atoms with E-state index in [-0.39, 0.29) is 11.9 Å². The Balaban J connectivity index is 1.90. The summed E-state index contributed by atoms with van der Waals surface area (Å²) in [5.74, 6) is 5.46. The fraction of sp³-hybridized carbons (Fsp3) is 0.143. The molecule has 1 atom stereocenters. The van der Waals surface area contributed by atoms with E-state index in [1.165, 1.54) is 15.5 Å². The third-order valence-electron chi connectivity index (χ3n) is 3.13. The maximum atomic E-state index is 13.8. The lowest BCUT2D eigenvalue weighted by Crippen LogP contribution is -2.29. The predicted molar refractivity (Wildman–Crippen MR) is 87.6 cm³/mol. The molecule has 0 saturated carbocycles. The van der Waals surface area contributed by atoms with Gasteiger partial charge in [-0.25, -0.2) is 4.39 Å². The summed E-state index contributed by atoms with van der Waals surface area (Å²) in [7, 11) is 0. The Hall–Kier alpha value is -0.790. The smallest absolute Gasteiger partial charge is 0.126 e. The Labute approximate surface area is 132 Å². The highest BCUT2D eigenvalue weighted by Gasteiger charge is 2.16. The number of nitrogens with one attached hydrogen (secondary N) is 1. The number of hydrogen-bond acceptors (Lipinski definition) is 4. The first-order chi connectivity index (χ1) is 9.67. The van der Waals surface area contributed by atoms with Crippen molar-refractivity contribution < 1.29 is 4.39 Å². The van der Waals surface area contributed by atoms with Gasteiger partial charge >= 0.3 is 0 Å². The van der Waals surface area contributed by atoms with Gasteiger partial charge < -0.3 is 0 Å². The number of benzene rings is 1. The molecule has 0 bridgehead atoms. The van der Waals surface area contributed by atoms with Crippen molar-refractivity contribution in [1.29, 1.82) is 0 Å². The van der Waals surface area contributed by atoms with Crippen molar-refractivity contribution in [2.45, 2.75) is 12.5 Å². The molecule has 20 heavy (non-hydrogen) atoms. The van der Waals surface area contributed by atoms with E-state index in [0.717, 1.165) is 9.35 Å². The SMILES string of the molecule is NNC(Cc1cc(Br)ccc1F)c1cc2sccc2s1. The molecular weight excluding hydrogens is 359 g/mol. The quantitative estimate of drug-likeness (QED) is 0.519. The third kappa shape index (κ3) is 2.80. The lowest BCUT2D eigenvalue weighted by Gasteiger charge is -2.15. The topological polar surface area (TPSA) is 38.0 Å². The number of hydrogen-bond donors (Lipinski definition) is 2. The summed E-state index contributed by atoms with van der Waals surface area (Å²) in [5, 5.41) is 2.07. The molecule has 0 aliphatic carbocycles. The Morgan fingerprint density at radius 3 is 2.85 bits per heavy atom. The number of rotatable bonds is 4. The monoisotopic (exact) mass is 370 g/mol. The third-order valence-corrected chi connectivity index (χ3v) is 5.84. The summed E-state index contributed by atoms with van der Waals surface area (Å²) in [4.78, 5) is 1.13. The Morgan fingerprint density at radius 1 is 1.25 bits per heavy atom. The van der Waals surface area contributed by atoms with Gasteiger partial charge in [0.15, 0.2) is 0 Å². The standard InChI is InChI=1S/C14H12BrFN2S2/c15-9-1-2-10(16)8(5-9)6-11(18-17)13-7-14-12(20-13)3-4-19-14/h1-5,7,11,18H,6,17H2. The second-order valence-electron chi connectivity index (χ2n) is 4.46. The van der Waals surface area contributed by atoms with E-state index in [2.05, 4.69) is 38.9 Å². The minimum atomic E-state index is -0.202. The number of hydrazine groups is 1. The fourth-order valence-electron chi connectivity index (χ4n) is 2.12. The van der Waals surface area contributed by atoms with E-state index in [9.17, 15) is 4.39 Å². The zero-order valence-electron chi connectivity index (χ0n) is 10.4. The highest BCUT2D eigenvalue weighted by molar-refractivity contribution is 9.10. The first kappa shape index (κ1) is 14.2. The summed E-state index contributed by atoms with van der Waals surface area (Å²) >= 11 is 6.78. The average Bonchev–Trinajstić information content (AvgIpc) is 3.00. The van der Waals surface area contributed by atoms with Gasteiger partial charge in [0.2, 0.25) is 0 Å². The molecular formula is C14H12BrFN2S2. The van der Waals surface area contributed by atoms with Gasteiger partial charge in [0.1, 0.15) is 5.82 Å². The average molecular weight is 371 g/mol. The highest BCUT2D eigenvalue weighted by Crippen LogP contribution is 2.34. The van der Waals surface area contributed by atoms with E-state index < -0.39 is 0 Å². The van der Waals surface area contributed by atoms with Crippen LogP contribution in [0.2, 0.25) is 0 Å². The van der Waals surface area contributed by atoms with Gasteiger partial charge in [-0.05, 0) is 47.7 Å². The second kappa shape index (κ2) is 5.91. The first-order valence-electron chi connectivity index (χ1n) is 6.04. The van der Waals surface area contributed by atoms with Crippen LogP contribution in [-0.4, -0.2) is 0 Å². The van der Waals surface area contributed by atoms with Gasteiger partial charge in [-0.3, -0.25) is 11.3 Å². The normalized spacial score (nSPS) is 12.9. The minimum Gasteiger partial charge on any atom is -0.271 e. The van der Waals surface area contributed by atoms with E-state index >= 15 is 0 Å². The van der Waals surface area contributed by atoms with Gasteiger partial charge in [-0.1, -0.05) is 15.9 Å². The van der Waals surface area contributed by atoms with Crippen LogP contribution < -0.4 is 11.3 Å². The molecule has 1 unspecified atom stereocenters.